The van der Waals surface area contributed by atoms with Crippen molar-refractivity contribution in [3.8, 4) is 0 Å². The number of rotatable bonds is 4. The van der Waals surface area contributed by atoms with Crippen molar-refractivity contribution in [3.05, 3.63) is 35.9 Å². The second kappa shape index (κ2) is 4.85. The van der Waals surface area contributed by atoms with Crippen molar-refractivity contribution in [2.24, 2.45) is 17.3 Å². The molecule has 0 amide bonds. The predicted octanol–water partition coefficient (Wildman–Crippen LogP) is 2.82. The molecule has 1 aliphatic heterocycles. The molecule has 3 fully saturated rings. The summed E-state index contributed by atoms with van der Waals surface area (Å²) < 4.78 is 11.5. The fraction of sp³-hybridized carbons (Fsp3) is 0.611. The fourth-order valence-corrected chi connectivity index (χ4v) is 4.83. The van der Waals surface area contributed by atoms with E-state index in [1.165, 1.54) is 12.8 Å². The van der Waals surface area contributed by atoms with Gasteiger partial charge < -0.3 is 9.47 Å². The molecule has 1 spiro atoms. The SMILES string of the molecule is [B][C@@H]1O[C@@]2(CC(=O)OCc3ccccc3)CC3(CC3)[C@H]1C2C. The van der Waals surface area contributed by atoms with E-state index in [-0.39, 0.29) is 12.0 Å². The summed E-state index contributed by atoms with van der Waals surface area (Å²) in [6, 6.07) is 9.55. The number of esters is 1. The Kier molecular flexibility index (Phi) is 3.16. The molecule has 1 saturated heterocycles. The lowest BCUT2D eigenvalue weighted by atomic mass is 9.75. The zero-order chi connectivity index (χ0) is 15.4. The third-order valence-electron chi connectivity index (χ3n) is 6.03. The number of hydrogen-bond acceptors (Lipinski definition) is 3. The summed E-state index contributed by atoms with van der Waals surface area (Å²) in [6.07, 6.45) is 3.77. The number of carbonyl (C=O) groups is 1. The molecule has 114 valence electrons. The lowest BCUT2D eigenvalue weighted by Gasteiger charge is -2.34. The van der Waals surface area contributed by atoms with Gasteiger partial charge in [0.15, 0.2) is 0 Å². The highest BCUT2D eigenvalue weighted by Crippen LogP contribution is 2.72. The van der Waals surface area contributed by atoms with Crippen LogP contribution in [0.25, 0.3) is 0 Å². The van der Waals surface area contributed by atoms with Gasteiger partial charge in [-0.3, -0.25) is 4.79 Å². The molecule has 1 heterocycles. The van der Waals surface area contributed by atoms with Crippen LogP contribution in [0.2, 0.25) is 0 Å². The van der Waals surface area contributed by atoms with Gasteiger partial charge in [-0.2, -0.15) is 0 Å². The molecule has 2 aliphatic carbocycles. The maximum atomic E-state index is 12.3. The minimum Gasteiger partial charge on any atom is -0.461 e. The van der Waals surface area contributed by atoms with E-state index in [4.69, 9.17) is 17.3 Å². The Balaban J connectivity index is 1.41. The summed E-state index contributed by atoms with van der Waals surface area (Å²) in [5, 5.41) is 0. The molecule has 0 N–H and O–H groups in total. The molecule has 1 aromatic rings. The second-order valence-electron chi connectivity index (χ2n) is 7.32. The van der Waals surface area contributed by atoms with Gasteiger partial charge in [0.2, 0.25) is 0 Å². The van der Waals surface area contributed by atoms with Crippen LogP contribution in [0.1, 0.15) is 38.2 Å². The zero-order valence-corrected chi connectivity index (χ0v) is 13.0. The van der Waals surface area contributed by atoms with Gasteiger partial charge in [-0.15, -0.1) is 0 Å². The molecule has 1 unspecified atom stereocenters. The van der Waals surface area contributed by atoms with Crippen LogP contribution in [0.15, 0.2) is 30.3 Å². The summed E-state index contributed by atoms with van der Waals surface area (Å²) in [5.74, 6) is 0.574. The van der Waals surface area contributed by atoms with Gasteiger partial charge >= 0.3 is 5.97 Å². The molecule has 2 radical (unpaired) electrons. The fourth-order valence-electron chi connectivity index (χ4n) is 4.83. The monoisotopic (exact) mass is 296 g/mol. The largest absolute Gasteiger partial charge is 0.461 e. The highest BCUT2D eigenvalue weighted by Gasteiger charge is 2.71. The smallest absolute Gasteiger partial charge is 0.309 e. The van der Waals surface area contributed by atoms with Crippen LogP contribution < -0.4 is 0 Å². The average molecular weight is 296 g/mol. The molecule has 2 saturated carbocycles. The summed E-state index contributed by atoms with van der Waals surface area (Å²) in [6.45, 7) is 2.51. The molecule has 4 rings (SSSR count). The van der Waals surface area contributed by atoms with Crippen LogP contribution in [-0.2, 0) is 20.9 Å². The predicted molar refractivity (Wildman–Crippen MR) is 83.2 cm³/mol. The lowest BCUT2D eigenvalue weighted by molar-refractivity contribution is -0.155. The van der Waals surface area contributed by atoms with Gasteiger partial charge in [-0.1, -0.05) is 37.3 Å². The minimum absolute atomic E-state index is 0.179. The standard InChI is InChI=1S/C18H21BO3/c1-12-15-16(19)22-18(12,11-17(15)7-8-17)9-14(20)21-10-13-5-3-2-4-6-13/h2-6,12,15-16H,7-11H2,1H3/t12?,15-,16+,18-/m0/s1. The molecular formula is C18H21BO3. The van der Waals surface area contributed by atoms with Crippen LogP contribution in [0.4, 0.5) is 0 Å². The Morgan fingerprint density at radius 1 is 1.36 bits per heavy atom. The van der Waals surface area contributed by atoms with E-state index in [1.807, 2.05) is 30.3 Å². The summed E-state index contributed by atoms with van der Waals surface area (Å²) in [7, 11) is 6.18. The number of fused-ring (bicyclic) bond motifs is 3. The first-order valence-corrected chi connectivity index (χ1v) is 8.18. The van der Waals surface area contributed by atoms with Crippen molar-refractivity contribution in [2.75, 3.05) is 0 Å². The summed E-state index contributed by atoms with van der Waals surface area (Å²) >= 11 is 0. The van der Waals surface area contributed by atoms with E-state index in [0.717, 1.165) is 12.0 Å². The molecule has 4 heteroatoms. The van der Waals surface area contributed by atoms with Gasteiger partial charge in [0.05, 0.1) is 12.0 Å². The highest BCUT2D eigenvalue weighted by atomic mass is 16.5. The molecule has 22 heavy (non-hydrogen) atoms. The third kappa shape index (κ3) is 2.11. The third-order valence-corrected chi connectivity index (χ3v) is 6.03. The number of ether oxygens (including phenoxy) is 2. The Morgan fingerprint density at radius 2 is 2.09 bits per heavy atom. The second-order valence-corrected chi connectivity index (χ2v) is 7.32. The number of carbonyl (C=O) groups excluding carboxylic acids is 1. The molecule has 3 aliphatic rings. The number of benzene rings is 1. The van der Waals surface area contributed by atoms with Crippen LogP contribution in [0.3, 0.4) is 0 Å². The Hall–Kier alpha value is -1.29. The Bertz CT molecular complexity index is 583. The minimum atomic E-state index is -0.394. The van der Waals surface area contributed by atoms with Crippen molar-refractivity contribution in [1.29, 1.82) is 0 Å². The van der Waals surface area contributed by atoms with E-state index >= 15 is 0 Å². The van der Waals surface area contributed by atoms with Crippen molar-refractivity contribution in [3.63, 3.8) is 0 Å². The van der Waals surface area contributed by atoms with E-state index in [9.17, 15) is 4.79 Å². The van der Waals surface area contributed by atoms with Crippen LogP contribution >= 0.6 is 0 Å². The van der Waals surface area contributed by atoms with E-state index in [1.54, 1.807) is 0 Å². The maximum Gasteiger partial charge on any atom is 0.309 e. The van der Waals surface area contributed by atoms with E-state index in [0.29, 0.717) is 30.3 Å². The molecule has 3 nitrogen and oxygen atoms in total. The average Bonchev–Trinajstić information content (AvgIpc) is 3.14. The van der Waals surface area contributed by atoms with Crippen molar-refractivity contribution in [2.45, 2.75) is 50.8 Å². The molecule has 0 aromatic heterocycles. The van der Waals surface area contributed by atoms with Gasteiger partial charge in [0.1, 0.15) is 14.5 Å². The lowest BCUT2D eigenvalue weighted by Crippen LogP contribution is -2.39. The summed E-state index contributed by atoms with van der Waals surface area (Å²) in [5.41, 5.74) is 0.971. The first-order valence-electron chi connectivity index (χ1n) is 8.18. The van der Waals surface area contributed by atoms with Crippen molar-refractivity contribution < 1.29 is 14.3 Å². The molecule has 4 atom stereocenters. The highest BCUT2D eigenvalue weighted by molar-refractivity contribution is 6.11. The van der Waals surface area contributed by atoms with Gasteiger partial charge in [0, 0.05) is 6.00 Å². The zero-order valence-electron chi connectivity index (χ0n) is 13.0. The Morgan fingerprint density at radius 3 is 2.73 bits per heavy atom. The van der Waals surface area contributed by atoms with Crippen molar-refractivity contribution in [1.82, 2.24) is 0 Å². The van der Waals surface area contributed by atoms with Crippen LogP contribution in [0.5, 0.6) is 0 Å². The Labute approximate surface area is 132 Å². The van der Waals surface area contributed by atoms with Crippen LogP contribution in [0, 0.1) is 17.3 Å². The molecule has 1 aromatic carbocycles. The molecular weight excluding hydrogens is 275 g/mol. The summed E-state index contributed by atoms with van der Waals surface area (Å²) in [4.78, 5) is 12.3. The maximum absolute atomic E-state index is 12.3. The topological polar surface area (TPSA) is 35.5 Å². The van der Waals surface area contributed by atoms with Crippen LogP contribution in [-0.4, -0.2) is 25.4 Å². The first kappa shape index (κ1) is 14.3. The van der Waals surface area contributed by atoms with E-state index in [2.05, 4.69) is 6.92 Å². The van der Waals surface area contributed by atoms with Gasteiger partial charge in [-0.25, -0.2) is 0 Å². The quantitative estimate of drug-likeness (QED) is 0.633. The van der Waals surface area contributed by atoms with Gasteiger partial charge in [-0.05, 0) is 42.1 Å². The van der Waals surface area contributed by atoms with Crippen molar-refractivity contribution >= 4 is 13.8 Å². The number of hydrogen-bond donors (Lipinski definition) is 0. The van der Waals surface area contributed by atoms with Gasteiger partial charge in [0.25, 0.3) is 0 Å². The molecule has 2 bridgehead atoms. The normalized spacial score (nSPS) is 37.4. The first-order chi connectivity index (χ1) is 10.5. The van der Waals surface area contributed by atoms with E-state index < -0.39 is 5.60 Å².